The molecule has 0 aromatic heterocycles. The molecule has 4 rings (SSSR count). The van der Waals surface area contributed by atoms with Crippen LogP contribution in [0.1, 0.15) is 51.1 Å². The van der Waals surface area contributed by atoms with Gasteiger partial charge in [0.15, 0.2) is 11.5 Å². The second-order valence-corrected chi connectivity index (χ2v) is 9.00. The van der Waals surface area contributed by atoms with Crippen molar-refractivity contribution in [2.24, 2.45) is 0 Å². The number of fused-ring (bicyclic) bond motifs is 1. The highest BCUT2D eigenvalue weighted by atomic mass is 35.5. The standard InChI is InChI=1S/C26H25ClF3NO4/c1-15(31-16(2)32)17-7-8-19-12-21(10-9-18(19)11-17)33-22-13-23(27)25(34-20-5-3-4-6-20)24(14-22)35-26(28,29)30/h7-15,20H,3-6H2,1-2H3,(H,31,32). The van der Waals surface area contributed by atoms with Crippen molar-refractivity contribution in [1.29, 1.82) is 0 Å². The number of amides is 1. The number of halogens is 4. The van der Waals surface area contributed by atoms with Crippen LogP contribution in [0.3, 0.4) is 0 Å². The van der Waals surface area contributed by atoms with Gasteiger partial charge in [-0.05, 0) is 67.1 Å². The van der Waals surface area contributed by atoms with Crippen molar-refractivity contribution in [1.82, 2.24) is 5.32 Å². The van der Waals surface area contributed by atoms with Crippen molar-refractivity contribution in [3.05, 3.63) is 59.1 Å². The highest BCUT2D eigenvalue weighted by Crippen LogP contribution is 2.44. The summed E-state index contributed by atoms with van der Waals surface area (Å²) in [5.41, 5.74) is 0.944. The molecule has 0 heterocycles. The lowest BCUT2D eigenvalue weighted by Gasteiger charge is -2.20. The zero-order valence-corrected chi connectivity index (χ0v) is 20.0. The minimum atomic E-state index is -4.91. The number of hydrogen-bond donors (Lipinski definition) is 1. The zero-order valence-electron chi connectivity index (χ0n) is 19.2. The summed E-state index contributed by atoms with van der Waals surface area (Å²) >= 11 is 6.30. The summed E-state index contributed by atoms with van der Waals surface area (Å²) in [6, 6.07) is 13.4. The lowest BCUT2D eigenvalue weighted by Crippen LogP contribution is -2.23. The van der Waals surface area contributed by atoms with Crippen LogP contribution in [0.15, 0.2) is 48.5 Å². The molecule has 1 N–H and O–H groups in total. The van der Waals surface area contributed by atoms with Gasteiger partial charge in [0.1, 0.15) is 11.5 Å². The van der Waals surface area contributed by atoms with Crippen molar-refractivity contribution in [3.63, 3.8) is 0 Å². The molecule has 0 bridgehead atoms. The van der Waals surface area contributed by atoms with Crippen LogP contribution >= 0.6 is 11.6 Å². The van der Waals surface area contributed by atoms with Gasteiger partial charge in [-0.1, -0.05) is 29.8 Å². The van der Waals surface area contributed by atoms with Gasteiger partial charge >= 0.3 is 6.36 Å². The highest BCUT2D eigenvalue weighted by Gasteiger charge is 2.34. The number of benzene rings is 3. The number of carbonyl (C=O) groups is 1. The Balaban J connectivity index is 1.59. The van der Waals surface area contributed by atoms with Crippen LogP contribution in [-0.4, -0.2) is 18.4 Å². The van der Waals surface area contributed by atoms with E-state index in [0.717, 1.165) is 48.1 Å². The molecule has 1 fully saturated rings. The normalized spacial score (nSPS) is 15.1. The zero-order chi connectivity index (χ0) is 25.2. The lowest BCUT2D eigenvalue weighted by molar-refractivity contribution is -0.275. The molecule has 0 spiro atoms. The second kappa shape index (κ2) is 10.2. The van der Waals surface area contributed by atoms with E-state index in [2.05, 4.69) is 10.1 Å². The quantitative estimate of drug-likeness (QED) is 0.356. The third-order valence-corrected chi connectivity index (χ3v) is 6.07. The maximum Gasteiger partial charge on any atom is 0.573 e. The summed E-state index contributed by atoms with van der Waals surface area (Å²) in [5.74, 6) is -0.290. The van der Waals surface area contributed by atoms with Crippen molar-refractivity contribution >= 4 is 28.3 Å². The molecule has 0 radical (unpaired) electrons. The molecule has 3 aromatic rings. The highest BCUT2D eigenvalue weighted by molar-refractivity contribution is 6.32. The predicted octanol–water partition coefficient (Wildman–Crippen LogP) is 7.70. The second-order valence-electron chi connectivity index (χ2n) is 8.60. The first-order chi connectivity index (χ1) is 16.6. The molecule has 1 atom stereocenters. The molecule has 1 aliphatic rings. The lowest BCUT2D eigenvalue weighted by atomic mass is 10.0. The molecule has 9 heteroatoms. The van der Waals surface area contributed by atoms with Crippen molar-refractivity contribution in [2.45, 2.75) is 58.0 Å². The first-order valence-electron chi connectivity index (χ1n) is 11.3. The number of carbonyl (C=O) groups excluding carboxylic acids is 1. The summed E-state index contributed by atoms with van der Waals surface area (Å²) in [7, 11) is 0. The fourth-order valence-corrected chi connectivity index (χ4v) is 4.44. The van der Waals surface area contributed by atoms with E-state index in [9.17, 15) is 18.0 Å². The molecular weight excluding hydrogens is 483 g/mol. The van der Waals surface area contributed by atoms with E-state index < -0.39 is 12.1 Å². The number of hydrogen-bond acceptors (Lipinski definition) is 4. The molecular formula is C26H25ClF3NO4. The third-order valence-electron chi connectivity index (χ3n) is 5.79. The van der Waals surface area contributed by atoms with E-state index in [-0.39, 0.29) is 34.6 Å². The van der Waals surface area contributed by atoms with Crippen molar-refractivity contribution < 1.29 is 32.2 Å². The molecule has 1 saturated carbocycles. The summed E-state index contributed by atoms with van der Waals surface area (Å²) in [6.07, 6.45) is -1.70. The van der Waals surface area contributed by atoms with E-state index in [0.29, 0.717) is 5.75 Å². The number of alkyl halides is 3. The average molecular weight is 508 g/mol. The first kappa shape index (κ1) is 25.0. The summed E-state index contributed by atoms with van der Waals surface area (Å²) in [4.78, 5) is 11.3. The molecule has 1 aliphatic carbocycles. The summed E-state index contributed by atoms with van der Waals surface area (Å²) in [5, 5.41) is 4.61. The average Bonchev–Trinajstić information content (AvgIpc) is 3.27. The van der Waals surface area contributed by atoms with Gasteiger partial charge in [0.05, 0.1) is 17.2 Å². The minimum absolute atomic E-state index is 0.0222. The van der Waals surface area contributed by atoms with Gasteiger partial charge in [-0.25, -0.2) is 0 Å². The molecule has 1 amide bonds. The van der Waals surface area contributed by atoms with Gasteiger partial charge in [0.2, 0.25) is 5.91 Å². The predicted molar refractivity (Wildman–Crippen MR) is 127 cm³/mol. The molecule has 3 aromatic carbocycles. The Hall–Kier alpha value is -3.13. The minimum Gasteiger partial charge on any atom is -0.485 e. The van der Waals surface area contributed by atoms with E-state index in [1.165, 1.54) is 13.0 Å². The van der Waals surface area contributed by atoms with E-state index in [1.54, 1.807) is 12.1 Å². The molecule has 0 saturated heterocycles. The molecule has 0 aliphatic heterocycles. The van der Waals surface area contributed by atoms with Gasteiger partial charge in [0.25, 0.3) is 0 Å². The van der Waals surface area contributed by atoms with Gasteiger partial charge in [-0.3, -0.25) is 4.79 Å². The molecule has 5 nitrogen and oxygen atoms in total. The smallest absolute Gasteiger partial charge is 0.485 e. The van der Waals surface area contributed by atoms with E-state index in [4.69, 9.17) is 21.1 Å². The van der Waals surface area contributed by atoms with Gasteiger partial charge in [0, 0.05) is 19.1 Å². The largest absolute Gasteiger partial charge is 0.573 e. The molecule has 35 heavy (non-hydrogen) atoms. The van der Waals surface area contributed by atoms with Crippen LogP contribution in [-0.2, 0) is 4.79 Å². The van der Waals surface area contributed by atoms with Crippen LogP contribution in [0.2, 0.25) is 5.02 Å². The van der Waals surface area contributed by atoms with Crippen LogP contribution in [0.4, 0.5) is 13.2 Å². The summed E-state index contributed by atoms with van der Waals surface area (Å²) in [6.45, 7) is 3.36. The van der Waals surface area contributed by atoms with Crippen molar-refractivity contribution in [2.75, 3.05) is 0 Å². The number of ether oxygens (including phenoxy) is 3. The monoisotopic (exact) mass is 507 g/mol. The Kier molecular flexibility index (Phi) is 7.31. The van der Waals surface area contributed by atoms with Crippen molar-refractivity contribution in [3.8, 4) is 23.0 Å². The van der Waals surface area contributed by atoms with Gasteiger partial charge < -0.3 is 19.5 Å². The number of rotatable bonds is 7. The SMILES string of the molecule is CC(=O)NC(C)c1ccc2cc(Oc3cc(Cl)c(OC4CCCC4)c(OC(F)(F)F)c3)ccc2c1. The Morgan fingerprint density at radius 1 is 1.03 bits per heavy atom. The first-order valence-corrected chi connectivity index (χ1v) is 11.7. The molecule has 186 valence electrons. The molecule has 1 unspecified atom stereocenters. The Bertz CT molecular complexity index is 1230. The Labute approximate surface area is 206 Å². The number of nitrogens with one attached hydrogen (secondary N) is 1. The fourth-order valence-electron chi connectivity index (χ4n) is 4.19. The topological polar surface area (TPSA) is 56.8 Å². The van der Waals surface area contributed by atoms with Crippen LogP contribution in [0.5, 0.6) is 23.0 Å². The van der Waals surface area contributed by atoms with Gasteiger partial charge in [-0.15, -0.1) is 13.2 Å². The summed E-state index contributed by atoms with van der Waals surface area (Å²) < 4.78 is 55.0. The fraction of sp³-hybridized carbons (Fsp3) is 0.346. The van der Waals surface area contributed by atoms with E-state index in [1.807, 2.05) is 31.2 Å². The maximum absolute atomic E-state index is 13.1. The third kappa shape index (κ3) is 6.51. The van der Waals surface area contributed by atoms with E-state index >= 15 is 0 Å². The van der Waals surface area contributed by atoms with Gasteiger partial charge in [-0.2, -0.15) is 0 Å². The van der Waals surface area contributed by atoms with Crippen LogP contribution < -0.4 is 19.5 Å². The maximum atomic E-state index is 13.1. The Morgan fingerprint density at radius 2 is 1.71 bits per heavy atom. The van der Waals surface area contributed by atoms with Crippen LogP contribution in [0.25, 0.3) is 10.8 Å². The van der Waals surface area contributed by atoms with Crippen LogP contribution in [0, 0.1) is 0 Å². The Morgan fingerprint density at radius 3 is 2.40 bits per heavy atom.